The number of nitrogens with one attached hydrogen (secondary N) is 2. The molecule has 120 valence electrons. The van der Waals surface area contributed by atoms with Gasteiger partial charge in [0.15, 0.2) is 0 Å². The van der Waals surface area contributed by atoms with E-state index in [2.05, 4.69) is 10.6 Å². The van der Waals surface area contributed by atoms with Crippen LogP contribution in [0.3, 0.4) is 0 Å². The molecule has 5 heteroatoms. The zero-order chi connectivity index (χ0) is 17.0. The van der Waals surface area contributed by atoms with Gasteiger partial charge in [0.05, 0.1) is 11.3 Å². The zero-order valence-corrected chi connectivity index (χ0v) is 14.1. The molecule has 0 aliphatic carbocycles. The average Bonchev–Trinajstić information content (AvgIpc) is 2.46. The molecule has 0 atom stereocenters. The van der Waals surface area contributed by atoms with Crippen molar-refractivity contribution in [1.29, 1.82) is 0 Å². The summed E-state index contributed by atoms with van der Waals surface area (Å²) in [5, 5.41) is 6.12. The molecule has 0 saturated carbocycles. The molecule has 2 rings (SSSR count). The van der Waals surface area contributed by atoms with Crippen LogP contribution >= 0.6 is 11.6 Å². The molecule has 0 aliphatic heterocycles. The van der Waals surface area contributed by atoms with Crippen molar-refractivity contribution in [3.63, 3.8) is 0 Å². The van der Waals surface area contributed by atoms with Crippen LogP contribution in [0.5, 0.6) is 0 Å². The molecule has 0 spiro atoms. The molecule has 0 aliphatic rings. The van der Waals surface area contributed by atoms with E-state index in [1.165, 1.54) is 0 Å². The van der Waals surface area contributed by atoms with Crippen molar-refractivity contribution in [1.82, 2.24) is 0 Å². The fourth-order valence-electron chi connectivity index (χ4n) is 1.86. The number of para-hydroxylation sites is 1. The van der Waals surface area contributed by atoms with Crippen LogP contribution in [-0.4, -0.2) is 11.8 Å². The smallest absolute Gasteiger partial charge is 0.257 e. The van der Waals surface area contributed by atoms with E-state index in [0.29, 0.717) is 22.0 Å². The van der Waals surface area contributed by atoms with Gasteiger partial charge in [-0.05, 0) is 30.3 Å². The molecule has 0 fully saturated rings. The van der Waals surface area contributed by atoms with Crippen LogP contribution < -0.4 is 10.6 Å². The van der Waals surface area contributed by atoms with E-state index in [-0.39, 0.29) is 11.8 Å². The van der Waals surface area contributed by atoms with E-state index in [9.17, 15) is 9.59 Å². The molecule has 2 aromatic rings. The van der Waals surface area contributed by atoms with Gasteiger partial charge in [-0.2, -0.15) is 0 Å². The fraction of sp³-hybridized carbons (Fsp3) is 0.222. The molecule has 0 heterocycles. The van der Waals surface area contributed by atoms with Gasteiger partial charge in [-0.25, -0.2) is 0 Å². The number of carbonyl (C=O) groups excluding carboxylic acids is 2. The highest BCUT2D eigenvalue weighted by Gasteiger charge is 2.23. The summed E-state index contributed by atoms with van der Waals surface area (Å²) in [6.07, 6.45) is 0. The SMILES string of the molecule is CC(C)(C)C(=O)Nc1ccccc1C(=O)Nc1cccc(Cl)c1. The first-order valence-electron chi connectivity index (χ1n) is 7.25. The monoisotopic (exact) mass is 330 g/mol. The van der Waals surface area contributed by atoms with E-state index in [1.807, 2.05) is 20.8 Å². The fourth-order valence-corrected chi connectivity index (χ4v) is 2.05. The highest BCUT2D eigenvalue weighted by molar-refractivity contribution is 6.31. The average molecular weight is 331 g/mol. The molecule has 0 saturated heterocycles. The van der Waals surface area contributed by atoms with Crippen molar-refractivity contribution in [2.45, 2.75) is 20.8 Å². The molecule has 0 radical (unpaired) electrons. The minimum absolute atomic E-state index is 0.152. The lowest BCUT2D eigenvalue weighted by Gasteiger charge is -2.19. The summed E-state index contributed by atoms with van der Waals surface area (Å²) in [4.78, 5) is 24.6. The van der Waals surface area contributed by atoms with E-state index in [1.54, 1.807) is 48.5 Å². The minimum atomic E-state index is -0.545. The molecule has 2 aromatic carbocycles. The Morgan fingerprint density at radius 1 is 0.957 bits per heavy atom. The summed E-state index contributed by atoms with van der Waals surface area (Å²) < 4.78 is 0. The molecule has 4 nitrogen and oxygen atoms in total. The van der Waals surface area contributed by atoms with Gasteiger partial charge in [-0.1, -0.05) is 50.6 Å². The summed E-state index contributed by atoms with van der Waals surface area (Å²) in [5.74, 6) is -0.461. The predicted molar refractivity (Wildman–Crippen MR) is 93.9 cm³/mol. The number of amides is 2. The number of benzene rings is 2. The normalized spacial score (nSPS) is 11.0. The van der Waals surface area contributed by atoms with Gasteiger partial charge in [-0.15, -0.1) is 0 Å². The van der Waals surface area contributed by atoms with Gasteiger partial charge in [0.25, 0.3) is 5.91 Å². The molecule has 2 N–H and O–H groups in total. The van der Waals surface area contributed by atoms with Crippen LogP contribution in [0.2, 0.25) is 5.02 Å². The number of carbonyl (C=O) groups is 2. The third-order valence-electron chi connectivity index (χ3n) is 3.18. The quantitative estimate of drug-likeness (QED) is 0.865. The van der Waals surface area contributed by atoms with Crippen molar-refractivity contribution in [2.24, 2.45) is 5.41 Å². The molecule has 0 bridgehead atoms. The van der Waals surface area contributed by atoms with E-state index < -0.39 is 5.41 Å². The summed E-state index contributed by atoms with van der Waals surface area (Å²) in [6.45, 7) is 5.45. The molecular formula is C18H19ClN2O2. The molecule has 23 heavy (non-hydrogen) atoms. The van der Waals surface area contributed by atoms with Crippen LogP contribution in [0, 0.1) is 5.41 Å². The second-order valence-corrected chi connectivity index (χ2v) is 6.65. The standard InChI is InChI=1S/C18H19ClN2O2/c1-18(2,3)17(23)21-15-10-5-4-9-14(15)16(22)20-13-8-6-7-12(19)11-13/h4-11H,1-3H3,(H,20,22)(H,21,23). The first-order chi connectivity index (χ1) is 10.8. The Labute approximate surface area is 140 Å². The number of hydrogen-bond donors (Lipinski definition) is 2. The van der Waals surface area contributed by atoms with Gasteiger partial charge >= 0.3 is 0 Å². The Morgan fingerprint density at radius 3 is 2.30 bits per heavy atom. The molecule has 2 amide bonds. The Morgan fingerprint density at radius 2 is 1.65 bits per heavy atom. The maximum absolute atomic E-state index is 12.5. The highest BCUT2D eigenvalue weighted by Crippen LogP contribution is 2.22. The minimum Gasteiger partial charge on any atom is -0.325 e. The molecule has 0 unspecified atom stereocenters. The third-order valence-corrected chi connectivity index (χ3v) is 3.42. The Balaban J connectivity index is 2.22. The van der Waals surface area contributed by atoms with E-state index in [0.717, 1.165) is 0 Å². The number of rotatable bonds is 3. The second-order valence-electron chi connectivity index (χ2n) is 6.21. The zero-order valence-electron chi connectivity index (χ0n) is 13.3. The third kappa shape index (κ3) is 4.57. The summed E-state index contributed by atoms with van der Waals surface area (Å²) >= 11 is 5.92. The van der Waals surface area contributed by atoms with Crippen molar-refractivity contribution in [3.8, 4) is 0 Å². The first kappa shape index (κ1) is 17.0. The van der Waals surface area contributed by atoms with Crippen molar-refractivity contribution < 1.29 is 9.59 Å². The van der Waals surface area contributed by atoms with Crippen LogP contribution in [0.4, 0.5) is 11.4 Å². The van der Waals surface area contributed by atoms with Crippen molar-refractivity contribution >= 4 is 34.8 Å². The van der Waals surface area contributed by atoms with Gasteiger partial charge in [0, 0.05) is 16.1 Å². The van der Waals surface area contributed by atoms with Gasteiger partial charge in [0.1, 0.15) is 0 Å². The van der Waals surface area contributed by atoms with Crippen LogP contribution in [0.25, 0.3) is 0 Å². The van der Waals surface area contributed by atoms with Crippen molar-refractivity contribution in [2.75, 3.05) is 10.6 Å². The maximum Gasteiger partial charge on any atom is 0.257 e. The van der Waals surface area contributed by atoms with Crippen LogP contribution in [0.1, 0.15) is 31.1 Å². The highest BCUT2D eigenvalue weighted by atomic mass is 35.5. The van der Waals surface area contributed by atoms with E-state index in [4.69, 9.17) is 11.6 Å². The number of anilines is 2. The summed E-state index contributed by atoms with van der Waals surface area (Å²) in [6, 6.07) is 13.8. The van der Waals surface area contributed by atoms with E-state index >= 15 is 0 Å². The number of halogens is 1. The number of hydrogen-bond acceptors (Lipinski definition) is 2. The summed E-state index contributed by atoms with van der Waals surface area (Å²) in [7, 11) is 0. The Bertz CT molecular complexity index is 736. The van der Waals surface area contributed by atoms with Crippen LogP contribution in [0.15, 0.2) is 48.5 Å². The lowest BCUT2D eigenvalue weighted by molar-refractivity contribution is -0.123. The summed E-state index contributed by atoms with van der Waals surface area (Å²) in [5.41, 5.74) is 0.924. The van der Waals surface area contributed by atoms with Gasteiger partial charge < -0.3 is 10.6 Å². The van der Waals surface area contributed by atoms with Crippen molar-refractivity contribution in [3.05, 3.63) is 59.1 Å². The van der Waals surface area contributed by atoms with Gasteiger partial charge in [-0.3, -0.25) is 9.59 Å². The maximum atomic E-state index is 12.5. The Hall–Kier alpha value is -2.33. The molecular weight excluding hydrogens is 312 g/mol. The Kier molecular flexibility index (Phi) is 5.06. The van der Waals surface area contributed by atoms with Gasteiger partial charge in [0.2, 0.25) is 5.91 Å². The predicted octanol–water partition coefficient (Wildman–Crippen LogP) is 4.58. The topological polar surface area (TPSA) is 58.2 Å². The second kappa shape index (κ2) is 6.84. The first-order valence-corrected chi connectivity index (χ1v) is 7.62. The lowest BCUT2D eigenvalue weighted by atomic mass is 9.95. The van der Waals surface area contributed by atoms with Crippen LogP contribution in [-0.2, 0) is 4.79 Å². The molecule has 0 aromatic heterocycles. The lowest BCUT2D eigenvalue weighted by Crippen LogP contribution is -2.28. The largest absolute Gasteiger partial charge is 0.325 e.